The Balaban J connectivity index is 1.51. The normalized spacial score (nSPS) is 17.8. The molecule has 1 aromatic carbocycles. The van der Waals surface area contributed by atoms with E-state index < -0.39 is 6.10 Å². The molecule has 1 aromatic rings. The third-order valence-electron chi connectivity index (χ3n) is 3.97. The molecule has 2 N–H and O–H groups in total. The second kappa shape index (κ2) is 10.6. The van der Waals surface area contributed by atoms with Crippen LogP contribution in [0.25, 0.3) is 0 Å². The molecule has 0 radical (unpaired) electrons. The first-order valence-electron chi connectivity index (χ1n) is 8.37. The molecule has 1 heterocycles. The van der Waals surface area contributed by atoms with E-state index in [0.29, 0.717) is 32.1 Å². The Kier molecular flexibility index (Phi) is 8.41. The van der Waals surface area contributed by atoms with Crippen molar-refractivity contribution in [2.45, 2.75) is 6.10 Å². The number of β-amino-alcohol motifs (C(OH)–C–C–N with tert-alkyl or cyclic N) is 2. The van der Waals surface area contributed by atoms with E-state index in [1.165, 1.54) is 12.1 Å². The van der Waals surface area contributed by atoms with Crippen LogP contribution in [0.5, 0.6) is 5.75 Å². The van der Waals surface area contributed by atoms with Crippen molar-refractivity contribution >= 4 is 0 Å². The lowest BCUT2D eigenvalue weighted by Crippen LogP contribution is -2.49. The molecule has 1 atom stereocenters. The van der Waals surface area contributed by atoms with E-state index in [1.54, 1.807) is 12.1 Å². The van der Waals surface area contributed by atoms with Gasteiger partial charge in [-0.3, -0.25) is 9.80 Å². The van der Waals surface area contributed by atoms with Gasteiger partial charge in [0.25, 0.3) is 0 Å². The van der Waals surface area contributed by atoms with Gasteiger partial charge in [0.1, 0.15) is 18.2 Å². The van der Waals surface area contributed by atoms with Gasteiger partial charge < -0.3 is 19.7 Å². The standard InChI is InChI=1S/C17H27FN2O4/c18-15-1-3-17(4-2-15)24-12-11-23-14-16(22)13-20-7-5-19(6-8-20)9-10-21/h1-4,16,21-22H,5-14H2/t16-/m1/s1. The van der Waals surface area contributed by atoms with Gasteiger partial charge in [0.05, 0.1) is 25.9 Å². The molecule has 1 aliphatic heterocycles. The maximum Gasteiger partial charge on any atom is 0.123 e. The van der Waals surface area contributed by atoms with Crippen molar-refractivity contribution in [2.24, 2.45) is 0 Å². The van der Waals surface area contributed by atoms with Crippen LogP contribution < -0.4 is 4.74 Å². The van der Waals surface area contributed by atoms with Crippen molar-refractivity contribution in [1.29, 1.82) is 0 Å². The molecule has 0 aromatic heterocycles. The number of nitrogens with zero attached hydrogens (tertiary/aromatic N) is 2. The third kappa shape index (κ3) is 7.11. The summed E-state index contributed by atoms with van der Waals surface area (Å²) in [4.78, 5) is 4.42. The molecular weight excluding hydrogens is 315 g/mol. The minimum absolute atomic E-state index is 0.191. The number of hydrogen-bond acceptors (Lipinski definition) is 6. The molecule has 0 amide bonds. The lowest BCUT2D eigenvalue weighted by molar-refractivity contribution is -0.000767. The second-order valence-corrected chi connectivity index (χ2v) is 5.90. The van der Waals surface area contributed by atoms with Crippen molar-refractivity contribution < 1.29 is 24.1 Å². The highest BCUT2D eigenvalue weighted by Crippen LogP contribution is 2.10. The first-order chi connectivity index (χ1) is 11.7. The fraction of sp³-hybridized carbons (Fsp3) is 0.647. The molecule has 0 aliphatic carbocycles. The Morgan fingerprint density at radius 3 is 2.38 bits per heavy atom. The highest BCUT2D eigenvalue weighted by Gasteiger charge is 2.18. The van der Waals surface area contributed by atoms with Crippen molar-refractivity contribution in [1.82, 2.24) is 9.80 Å². The van der Waals surface area contributed by atoms with E-state index in [9.17, 15) is 9.50 Å². The van der Waals surface area contributed by atoms with Gasteiger partial charge >= 0.3 is 0 Å². The van der Waals surface area contributed by atoms with Crippen molar-refractivity contribution in [3.8, 4) is 5.75 Å². The fourth-order valence-corrected chi connectivity index (χ4v) is 2.66. The predicted molar refractivity (Wildman–Crippen MR) is 88.7 cm³/mol. The largest absolute Gasteiger partial charge is 0.491 e. The van der Waals surface area contributed by atoms with Crippen LogP contribution in [0.4, 0.5) is 4.39 Å². The van der Waals surface area contributed by atoms with E-state index in [1.807, 2.05) is 0 Å². The molecule has 7 heteroatoms. The lowest BCUT2D eigenvalue weighted by Gasteiger charge is -2.35. The van der Waals surface area contributed by atoms with Crippen LogP contribution >= 0.6 is 0 Å². The van der Waals surface area contributed by atoms with Crippen molar-refractivity contribution in [3.05, 3.63) is 30.1 Å². The molecule has 0 unspecified atom stereocenters. The molecule has 1 saturated heterocycles. The SMILES string of the molecule is OCCN1CCN(C[C@@H](O)COCCOc2ccc(F)cc2)CC1. The number of aliphatic hydroxyl groups is 2. The van der Waals surface area contributed by atoms with E-state index in [-0.39, 0.29) is 19.0 Å². The van der Waals surface area contributed by atoms with Crippen molar-refractivity contribution in [2.75, 3.05) is 65.7 Å². The lowest BCUT2D eigenvalue weighted by atomic mass is 10.2. The molecule has 1 aliphatic rings. The fourth-order valence-electron chi connectivity index (χ4n) is 2.66. The number of rotatable bonds is 10. The maximum atomic E-state index is 12.7. The zero-order valence-electron chi connectivity index (χ0n) is 13.9. The Bertz CT molecular complexity index is 452. The molecule has 6 nitrogen and oxygen atoms in total. The van der Waals surface area contributed by atoms with Gasteiger partial charge in [-0.15, -0.1) is 0 Å². The predicted octanol–water partition coefficient (Wildman–Crippen LogP) is 0.192. The molecule has 24 heavy (non-hydrogen) atoms. The summed E-state index contributed by atoms with van der Waals surface area (Å²) in [5.74, 6) is 0.306. The molecule has 2 rings (SSSR count). The van der Waals surface area contributed by atoms with E-state index >= 15 is 0 Å². The minimum atomic E-state index is -0.528. The summed E-state index contributed by atoms with van der Waals surface area (Å²) in [6.45, 7) is 6.12. The molecule has 1 fully saturated rings. The Hall–Kier alpha value is -1.25. The zero-order chi connectivity index (χ0) is 17.2. The van der Waals surface area contributed by atoms with E-state index in [0.717, 1.165) is 26.2 Å². The van der Waals surface area contributed by atoms with Gasteiger partial charge in [0, 0.05) is 39.3 Å². The molecule has 0 spiro atoms. The van der Waals surface area contributed by atoms with Crippen LogP contribution in [0.1, 0.15) is 0 Å². The summed E-state index contributed by atoms with van der Waals surface area (Å²) in [6, 6.07) is 5.84. The monoisotopic (exact) mass is 342 g/mol. The zero-order valence-corrected chi connectivity index (χ0v) is 13.9. The number of ether oxygens (including phenoxy) is 2. The molecule has 0 saturated carbocycles. The highest BCUT2D eigenvalue weighted by atomic mass is 19.1. The van der Waals surface area contributed by atoms with Crippen molar-refractivity contribution in [3.63, 3.8) is 0 Å². The van der Waals surface area contributed by atoms with Gasteiger partial charge in [-0.05, 0) is 24.3 Å². The number of benzene rings is 1. The summed E-state index contributed by atoms with van der Waals surface area (Å²) < 4.78 is 23.6. The summed E-state index contributed by atoms with van der Waals surface area (Å²) in [5, 5.41) is 18.9. The van der Waals surface area contributed by atoms with Gasteiger partial charge in [0.15, 0.2) is 0 Å². The number of halogens is 1. The smallest absolute Gasteiger partial charge is 0.123 e. The third-order valence-corrected chi connectivity index (χ3v) is 3.97. The van der Waals surface area contributed by atoms with Crippen LogP contribution in [0.3, 0.4) is 0 Å². The van der Waals surface area contributed by atoms with Gasteiger partial charge in [-0.25, -0.2) is 4.39 Å². The number of piperazine rings is 1. The van der Waals surface area contributed by atoms with Crippen LogP contribution in [-0.2, 0) is 4.74 Å². The minimum Gasteiger partial charge on any atom is -0.491 e. The summed E-state index contributed by atoms with van der Waals surface area (Å²) in [6.07, 6.45) is -0.528. The summed E-state index contributed by atoms with van der Waals surface area (Å²) in [5.41, 5.74) is 0. The summed E-state index contributed by atoms with van der Waals surface area (Å²) in [7, 11) is 0. The highest BCUT2D eigenvalue weighted by molar-refractivity contribution is 5.21. The molecular formula is C17H27FN2O4. The number of aliphatic hydroxyl groups excluding tert-OH is 2. The van der Waals surface area contributed by atoms with Crippen LogP contribution in [0.2, 0.25) is 0 Å². The Morgan fingerprint density at radius 1 is 1.04 bits per heavy atom. The van der Waals surface area contributed by atoms with Gasteiger partial charge in [-0.2, -0.15) is 0 Å². The van der Waals surface area contributed by atoms with E-state index in [4.69, 9.17) is 14.6 Å². The topological polar surface area (TPSA) is 65.4 Å². The van der Waals surface area contributed by atoms with Crippen LogP contribution in [0, 0.1) is 5.82 Å². The van der Waals surface area contributed by atoms with Gasteiger partial charge in [-0.1, -0.05) is 0 Å². The first-order valence-corrected chi connectivity index (χ1v) is 8.37. The van der Waals surface area contributed by atoms with Crippen LogP contribution in [-0.4, -0.2) is 91.8 Å². The van der Waals surface area contributed by atoms with Gasteiger partial charge in [0.2, 0.25) is 0 Å². The average molecular weight is 342 g/mol. The maximum absolute atomic E-state index is 12.7. The van der Waals surface area contributed by atoms with E-state index in [2.05, 4.69) is 9.80 Å². The first kappa shape index (κ1) is 19.1. The molecule has 136 valence electrons. The Morgan fingerprint density at radius 2 is 1.71 bits per heavy atom. The molecule has 0 bridgehead atoms. The second-order valence-electron chi connectivity index (χ2n) is 5.90. The quantitative estimate of drug-likeness (QED) is 0.592. The average Bonchev–Trinajstić information content (AvgIpc) is 2.58. The van der Waals surface area contributed by atoms with Crippen LogP contribution in [0.15, 0.2) is 24.3 Å². The number of hydrogen-bond donors (Lipinski definition) is 2. The summed E-state index contributed by atoms with van der Waals surface area (Å²) >= 11 is 0. The Labute approximate surface area is 142 Å².